The van der Waals surface area contributed by atoms with Crippen molar-refractivity contribution in [2.24, 2.45) is 5.73 Å². The average Bonchev–Trinajstić information content (AvgIpc) is 2.91. The van der Waals surface area contributed by atoms with Crippen LogP contribution in [0.5, 0.6) is 11.5 Å². The molecule has 0 aliphatic heterocycles. The van der Waals surface area contributed by atoms with Gasteiger partial charge >= 0.3 is 0 Å². The van der Waals surface area contributed by atoms with Crippen molar-refractivity contribution < 1.29 is 9.47 Å². The van der Waals surface area contributed by atoms with E-state index >= 15 is 0 Å². The maximum atomic E-state index is 6.43. The number of benzene rings is 1. The Labute approximate surface area is 129 Å². The molecule has 112 valence electrons. The normalized spacial score (nSPS) is 21.0. The summed E-state index contributed by atoms with van der Waals surface area (Å²) in [6.45, 7) is 2.14. The van der Waals surface area contributed by atoms with Crippen LogP contribution >= 0.6 is 11.3 Å². The fourth-order valence-electron chi connectivity index (χ4n) is 3.15. The van der Waals surface area contributed by atoms with Crippen molar-refractivity contribution >= 4 is 11.3 Å². The van der Waals surface area contributed by atoms with E-state index in [1.165, 1.54) is 20.9 Å². The van der Waals surface area contributed by atoms with Crippen LogP contribution in [0.25, 0.3) is 0 Å². The van der Waals surface area contributed by atoms with Crippen LogP contribution in [0.4, 0.5) is 0 Å². The molecule has 0 unspecified atom stereocenters. The molecule has 2 N–H and O–H groups in total. The number of fused-ring (bicyclic) bond motifs is 1. The van der Waals surface area contributed by atoms with Crippen LogP contribution in [-0.2, 0) is 6.42 Å². The third-order valence-electron chi connectivity index (χ3n) is 4.22. The number of hydrogen-bond acceptors (Lipinski definition) is 4. The number of methoxy groups -OCH3 is 2. The third-order valence-corrected chi connectivity index (χ3v) is 5.31. The van der Waals surface area contributed by atoms with Crippen molar-refractivity contribution in [3.63, 3.8) is 0 Å². The summed E-state index contributed by atoms with van der Waals surface area (Å²) in [5, 5.41) is 0. The highest BCUT2D eigenvalue weighted by Gasteiger charge is 2.30. The van der Waals surface area contributed by atoms with E-state index in [2.05, 4.69) is 31.2 Å². The van der Waals surface area contributed by atoms with Crippen LogP contribution in [0.1, 0.15) is 33.2 Å². The van der Waals surface area contributed by atoms with E-state index in [0.29, 0.717) is 0 Å². The Kier molecular flexibility index (Phi) is 3.91. The first-order valence-corrected chi connectivity index (χ1v) is 8.02. The summed E-state index contributed by atoms with van der Waals surface area (Å²) in [4.78, 5) is 2.66. The summed E-state index contributed by atoms with van der Waals surface area (Å²) < 4.78 is 10.9. The topological polar surface area (TPSA) is 44.5 Å². The lowest BCUT2D eigenvalue weighted by molar-refractivity contribution is 0.352. The highest BCUT2D eigenvalue weighted by Crippen LogP contribution is 2.43. The highest BCUT2D eigenvalue weighted by molar-refractivity contribution is 7.12. The minimum atomic E-state index is 0.161. The Bertz CT molecular complexity index is 650. The molecule has 4 heteroatoms. The maximum Gasteiger partial charge on any atom is 0.161 e. The number of nitrogens with two attached hydrogens (primary N) is 1. The largest absolute Gasteiger partial charge is 0.493 e. The van der Waals surface area contributed by atoms with Crippen LogP contribution in [0.15, 0.2) is 24.3 Å². The predicted octanol–water partition coefficient (Wildman–Crippen LogP) is 3.48. The van der Waals surface area contributed by atoms with Crippen molar-refractivity contribution in [1.29, 1.82) is 0 Å². The predicted molar refractivity (Wildman–Crippen MR) is 86.7 cm³/mol. The van der Waals surface area contributed by atoms with Gasteiger partial charge in [-0.25, -0.2) is 0 Å². The van der Waals surface area contributed by atoms with Crippen molar-refractivity contribution in [2.75, 3.05) is 14.2 Å². The van der Waals surface area contributed by atoms with Crippen molar-refractivity contribution in [1.82, 2.24) is 0 Å². The number of thiophene rings is 1. The molecular formula is C17H21NO2S. The average molecular weight is 303 g/mol. The molecule has 0 bridgehead atoms. The summed E-state index contributed by atoms with van der Waals surface area (Å²) in [5.74, 6) is 1.84. The summed E-state index contributed by atoms with van der Waals surface area (Å²) in [6.07, 6.45) is 2.00. The molecule has 2 atom stereocenters. The van der Waals surface area contributed by atoms with Crippen LogP contribution < -0.4 is 15.2 Å². The van der Waals surface area contributed by atoms with Crippen LogP contribution in [-0.4, -0.2) is 20.3 Å². The summed E-state index contributed by atoms with van der Waals surface area (Å²) >= 11 is 1.83. The highest BCUT2D eigenvalue weighted by atomic mass is 32.1. The Morgan fingerprint density at radius 1 is 1.14 bits per heavy atom. The van der Waals surface area contributed by atoms with Gasteiger partial charge in [0.1, 0.15) is 0 Å². The van der Waals surface area contributed by atoms with Gasteiger partial charge in [-0.05, 0) is 55.2 Å². The molecule has 0 saturated heterocycles. The zero-order chi connectivity index (χ0) is 15.0. The van der Waals surface area contributed by atoms with Gasteiger partial charge in [-0.15, -0.1) is 11.3 Å². The molecule has 1 aromatic heterocycles. The van der Waals surface area contributed by atoms with E-state index in [1.54, 1.807) is 14.2 Å². The van der Waals surface area contributed by atoms with Gasteiger partial charge in [-0.1, -0.05) is 0 Å². The molecule has 0 radical (unpaired) electrons. The molecule has 2 aromatic rings. The van der Waals surface area contributed by atoms with Crippen LogP contribution in [0.3, 0.4) is 0 Å². The minimum Gasteiger partial charge on any atom is -0.493 e. The van der Waals surface area contributed by atoms with Gasteiger partial charge in [0, 0.05) is 21.7 Å². The standard InChI is InChI=1S/C17H21NO2S/c1-10-4-7-16(21-10)17-12-9-15(20-3)14(19-2)8-11(12)5-6-13(17)18/h4,7-9,13,17H,5-6,18H2,1-3H3/t13-,17-/m1/s1. The molecule has 21 heavy (non-hydrogen) atoms. The Morgan fingerprint density at radius 3 is 2.48 bits per heavy atom. The van der Waals surface area contributed by atoms with Crippen molar-refractivity contribution in [2.45, 2.75) is 31.7 Å². The van der Waals surface area contributed by atoms with E-state index in [-0.39, 0.29) is 12.0 Å². The van der Waals surface area contributed by atoms with Gasteiger partial charge in [0.25, 0.3) is 0 Å². The zero-order valence-corrected chi connectivity index (χ0v) is 13.5. The molecule has 0 amide bonds. The maximum absolute atomic E-state index is 6.43. The van der Waals surface area contributed by atoms with E-state index < -0.39 is 0 Å². The molecule has 0 fully saturated rings. The third kappa shape index (κ3) is 2.54. The van der Waals surface area contributed by atoms with Crippen molar-refractivity contribution in [3.05, 3.63) is 45.1 Å². The van der Waals surface area contributed by atoms with Crippen LogP contribution in [0.2, 0.25) is 0 Å². The van der Waals surface area contributed by atoms with E-state index in [1.807, 2.05) is 11.3 Å². The van der Waals surface area contributed by atoms with E-state index in [9.17, 15) is 0 Å². The number of ether oxygens (including phenoxy) is 2. The van der Waals surface area contributed by atoms with Gasteiger partial charge < -0.3 is 15.2 Å². The second kappa shape index (κ2) is 5.70. The lowest BCUT2D eigenvalue weighted by Gasteiger charge is -2.31. The smallest absolute Gasteiger partial charge is 0.161 e. The molecule has 1 heterocycles. The second-order valence-corrected chi connectivity index (χ2v) is 6.85. The minimum absolute atomic E-state index is 0.161. The monoisotopic (exact) mass is 303 g/mol. The van der Waals surface area contributed by atoms with Crippen LogP contribution in [0, 0.1) is 6.92 Å². The van der Waals surface area contributed by atoms with Gasteiger partial charge in [0.15, 0.2) is 11.5 Å². The molecule has 1 aromatic carbocycles. The Morgan fingerprint density at radius 2 is 1.86 bits per heavy atom. The number of hydrogen-bond donors (Lipinski definition) is 1. The lowest BCUT2D eigenvalue weighted by Crippen LogP contribution is -2.33. The van der Waals surface area contributed by atoms with Gasteiger partial charge in [-0.2, -0.15) is 0 Å². The lowest BCUT2D eigenvalue weighted by atomic mass is 9.78. The van der Waals surface area contributed by atoms with Gasteiger partial charge in [0.05, 0.1) is 14.2 Å². The molecule has 1 aliphatic carbocycles. The fraction of sp³-hybridized carbons (Fsp3) is 0.412. The first-order valence-electron chi connectivity index (χ1n) is 7.20. The SMILES string of the molecule is COc1cc2c(cc1OC)[C@@H](c1ccc(C)s1)[C@H](N)CC2. The molecule has 1 aliphatic rings. The summed E-state index contributed by atoms with van der Waals surface area (Å²) in [7, 11) is 3.36. The number of aryl methyl sites for hydroxylation is 2. The summed E-state index contributed by atoms with van der Waals surface area (Å²) in [6, 6.07) is 8.74. The van der Waals surface area contributed by atoms with Gasteiger partial charge in [-0.3, -0.25) is 0 Å². The quantitative estimate of drug-likeness (QED) is 0.944. The van der Waals surface area contributed by atoms with Gasteiger partial charge in [0.2, 0.25) is 0 Å². The molecule has 0 spiro atoms. The zero-order valence-electron chi connectivity index (χ0n) is 12.7. The van der Waals surface area contributed by atoms with E-state index in [4.69, 9.17) is 15.2 Å². The molecule has 3 nitrogen and oxygen atoms in total. The first kappa shape index (κ1) is 14.4. The number of rotatable bonds is 3. The Hall–Kier alpha value is -1.52. The molecular weight excluding hydrogens is 282 g/mol. The van der Waals surface area contributed by atoms with E-state index in [0.717, 1.165) is 24.3 Å². The second-order valence-electron chi connectivity index (χ2n) is 5.53. The Balaban J connectivity index is 2.12. The molecule has 0 saturated carbocycles. The van der Waals surface area contributed by atoms with Crippen molar-refractivity contribution in [3.8, 4) is 11.5 Å². The fourth-order valence-corrected chi connectivity index (χ4v) is 4.22. The summed E-state index contributed by atoms with van der Waals surface area (Å²) in [5.41, 5.74) is 9.04. The first-order chi connectivity index (χ1) is 10.1. The molecule has 3 rings (SSSR count).